The molecule has 190 valence electrons. The number of nitrogens with zero attached hydrogens (tertiary/aromatic N) is 1. The monoisotopic (exact) mass is 500 g/mol. The van der Waals surface area contributed by atoms with Gasteiger partial charge in [-0.2, -0.15) is 0 Å². The molecule has 3 aromatic rings. The maximum atomic E-state index is 13.0. The molecular formula is C28H28N4O5. The molecule has 0 fully saturated rings. The minimum absolute atomic E-state index is 0.101. The normalized spacial score (nSPS) is 14.8. The second-order valence-electron chi connectivity index (χ2n) is 9.67. The minimum Gasteiger partial charge on any atom is -0.444 e. The zero-order valence-corrected chi connectivity index (χ0v) is 21.0. The summed E-state index contributed by atoms with van der Waals surface area (Å²) in [7, 11) is 0. The fourth-order valence-corrected chi connectivity index (χ4v) is 3.97. The van der Waals surface area contributed by atoms with Crippen LogP contribution in [0.5, 0.6) is 0 Å². The van der Waals surface area contributed by atoms with Gasteiger partial charge in [-0.3, -0.25) is 14.9 Å². The van der Waals surface area contributed by atoms with Crippen molar-refractivity contribution in [3.63, 3.8) is 0 Å². The molecular weight excluding hydrogens is 472 g/mol. The summed E-state index contributed by atoms with van der Waals surface area (Å²) >= 11 is 0. The predicted molar refractivity (Wildman–Crippen MR) is 143 cm³/mol. The Morgan fingerprint density at radius 2 is 1.70 bits per heavy atom. The summed E-state index contributed by atoms with van der Waals surface area (Å²) in [4.78, 5) is 36.0. The molecule has 1 aliphatic rings. The van der Waals surface area contributed by atoms with Crippen LogP contribution in [-0.4, -0.2) is 22.5 Å². The van der Waals surface area contributed by atoms with Gasteiger partial charge in [0.15, 0.2) is 0 Å². The van der Waals surface area contributed by atoms with Crippen molar-refractivity contribution in [2.24, 2.45) is 0 Å². The van der Waals surface area contributed by atoms with E-state index in [-0.39, 0.29) is 17.6 Å². The molecule has 1 aliphatic heterocycles. The molecule has 0 saturated heterocycles. The number of nitrogens with one attached hydrogen (secondary N) is 3. The van der Waals surface area contributed by atoms with Crippen LogP contribution in [0.15, 0.2) is 72.8 Å². The molecule has 1 heterocycles. The van der Waals surface area contributed by atoms with Crippen molar-refractivity contribution in [2.75, 3.05) is 10.6 Å². The Kier molecular flexibility index (Phi) is 6.97. The van der Waals surface area contributed by atoms with Crippen molar-refractivity contribution in [1.29, 1.82) is 0 Å². The van der Waals surface area contributed by atoms with Gasteiger partial charge in [0.1, 0.15) is 5.60 Å². The molecule has 3 aromatic carbocycles. The van der Waals surface area contributed by atoms with Crippen LogP contribution in [0.25, 0.3) is 11.3 Å². The number of ether oxygens (including phenoxy) is 1. The second kappa shape index (κ2) is 10.1. The molecule has 1 atom stereocenters. The van der Waals surface area contributed by atoms with Gasteiger partial charge in [0.2, 0.25) is 0 Å². The molecule has 0 radical (unpaired) electrons. The minimum atomic E-state index is -0.593. The topological polar surface area (TPSA) is 123 Å². The molecule has 9 heteroatoms. The van der Waals surface area contributed by atoms with E-state index >= 15 is 0 Å². The average molecular weight is 501 g/mol. The van der Waals surface area contributed by atoms with Gasteiger partial charge in [0.05, 0.1) is 22.2 Å². The van der Waals surface area contributed by atoms with Crippen molar-refractivity contribution in [1.82, 2.24) is 5.32 Å². The Hall–Kier alpha value is -4.66. The van der Waals surface area contributed by atoms with Crippen molar-refractivity contribution >= 4 is 40.3 Å². The molecule has 37 heavy (non-hydrogen) atoms. The van der Waals surface area contributed by atoms with E-state index in [1.807, 2.05) is 61.5 Å². The molecule has 9 nitrogen and oxygen atoms in total. The van der Waals surface area contributed by atoms with Gasteiger partial charge < -0.3 is 20.7 Å². The van der Waals surface area contributed by atoms with Crippen molar-refractivity contribution in [3.05, 3.63) is 99.6 Å². The Morgan fingerprint density at radius 1 is 1.03 bits per heavy atom. The Labute approximate surface area is 214 Å². The van der Waals surface area contributed by atoms with Crippen LogP contribution in [-0.2, 0) is 9.53 Å². The third-order valence-electron chi connectivity index (χ3n) is 5.68. The van der Waals surface area contributed by atoms with Crippen LogP contribution < -0.4 is 16.0 Å². The van der Waals surface area contributed by atoms with E-state index in [4.69, 9.17) is 4.74 Å². The Morgan fingerprint density at radius 3 is 2.32 bits per heavy atom. The summed E-state index contributed by atoms with van der Waals surface area (Å²) < 4.78 is 5.33. The highest BCUT2D eigenvalue weighted by atomic mass is 16.6. The summed E-state index contributed by atoms with van der Waals surface area (Å²) in [5, 5.41) is 20.3. The number of benzene rings is 3. The smallest absolute Gasteiger partial charge is 0.408 e. The fraction of sp³-hybridized carbons (Fsp3) is 0.214. The number of rotatable bonds is 6. The lowest BCUT2D eigenvalue weighted by atomic mass is 9.99. The standard InChI is InChI=1S/C28H28N4O5/c1-17(29-27(34)37-28(2,3)4)18-10-12-20(13-11-18)30-25(19-8-6-5-7-9-19)24-22-16-21(32(35)36)14-15-23(22)31-26(24)33/h5-17,30H,1-4H3,(H,29,34)(H,31,33)/b25-24-/t17-/m1/s1. The lowest BCUT2D eigenvalue weighted by Crippen LogP contribution is -2.34. The molecule has 2 amide bonds. The van der Waals surface area contributed by atoms with E-state index in [9.17, 15) is 19.7 Å². The van der Waals surface area contributed by atoms with Crippen LogP contribution in [0, 0.1) is 10.1 Å². The number of carbonyl (C=O) groups excluding carboxylic acids is 2. The van der Waals surface area contributed by atoms with Gasteiger partial charge in [-0.1, -0.05) is 42.5 Å². The first-order valence-corrected chi connectivity index (χ1v) is 11.8. The van der Waals surface area contributed by atoms with Gasteiger partial charge >= 0.3 is 6.09 Å². The summed E-state index contributed by atoms with van der Waals surface area (Å²) in [6, 6.07) is 20.7. The summed E-state index contributed by atoms with van der Waals surface area (Å²) in [5.41, 5.74) is 3.42. The summed E-state index contributed by atoms with van der Waals surface area (Å²) in [5.74, 6) is -0.353. The lowest BCUT2D eigenvalue weighted by molar-refractivity contribution is -0.384. The zero-order chi connectivity index (χ0) is 26.7. The van der Waals surface area contributed by atoms with Gasteiger partial charge in [-0.15, -0.1) is 0 Å². The number of anilines is 2. The number of amides is 2. The molecule has 0 bridgehead atoms. The Balaban J connectivity index is 1.66. The Bertz CT molecular complexity index is 1380. The number of hydrogen-bond donors (Lipinski definition) is 3. The van der Waals surface area contributed by atoms with Crippen LogP contribution >= 0.6 is 0 Å². The highest BCUT2D eigenvalue weighted by molar-refractivity contribution is 6.37. The third kappa shape index (κ3) is 5.95. The SMILES string of the molecule is C[C@@H](NC(=O)OC(C)(C)C)c1ccc(N/C(=C2\C(=O)Nc3ccc([N+](=O)[O-])cc32)c2ccccc2)cc1. The number of non-ortho nitro benzene ring substituents is 1. The number of hydrogen-bond acceptors (Lipinski definition) is 6. The third-order valence-corrected chi connectivity index (χ3v) is 5.68. The van der Waals surface area contributed by atoms with E-state index in [1.54, 1.807) is 20.8 Å². The molecule has 0 aromatic heterocycles. The average Bonchev–Trinajstić information content (AvgIpc) is 3.16. The van der Waals surface area contributed by atoms with E-state index in [2.05, 4.69) is 16.0 Å². The lowest BCUT2D eigenvalue weighted by Gasteiger charge is -2.22. The first-order valence-electron chi connectivity index (χ1n) is 11.8. The van der Waals surface area contributed by atoms with Gasteiger partial charge in [0, 0.05) is 29.1 Å². The van der Waals surface area contributed by atoms with E-state index < -0.39 is 16.6 Å². The summed E-state index contributed by atoms with van der Waals surface area (Å²) in [6.45, 7) is 7.27. The molecule has 0 saturated carbocycles. The number of nitro benzene ring substituents is 1. The fourth-order valence-electron chi connectivity index (χ4n) is 3.97. The van der Waals surface area contributed by atoms with Gasteiger partial charge in [-0.05, 0) is 57.0 Å². The van der Waals surface area contributed by atoms with Crippen LogP contribution in [0.4, 0.5) is 21.9 Å². The number of carbonyl (C=O) groups is 2. The van der Waals surface area contributed by atoms with Crippen molar-refractivity contribution in [3.8, 4) is 0 Å². The second-order valence-corrected chi connectivity index (χ2v) is 9.67. The summed E-state index contributed by atoms with van der Waals surface area (Å²) in [6.07, 6.45) is -0.502. The van der Waals surface area contributed by atoms with Crippen molar-refractivity contribution < 1.29 is 19.2 Å². The van der Waals surface area contributed by atoms with E-state index in [0.29, 0.717) is 28.2 Å². The number of alkyl carbamates (subject to hydrolysis) is 1. The van der Waals surface area contributed by atoms with Crippen molar-refractivity contribution in [2.45, 2.75) is 39.3 Å². The number of nitro groups is 1. The first-order chi connectivity index (χ1) is 17.5. The van der Waals surface area contributed by atoms with Gasteiger partial charge in [0.25, 0.3) is 11.6 Å². The first kappa shape index (κ1) is 25.4. The maximum Gasteiger partial charge on any atom is 0.408 e. The number of fused-ring (bicyclic) bond motifs is 1. The zero-order valence-electron chi connectivity index (χ0n) is 21.0. The largest absolute Gasteiger partial charge is 0.444 e. The van der Waals surface area contributed by atoms with E-state index in [1.165, 1.54) is 18.2 Å². The molecule has 0 spiro atoms. The molecule has 4 rings (SSSR count). The highest BCUT2D eigenvalue weighted by Gasteiger charge is 2.30. The molecule has 0 aliphatic carbocycles. The van der Waals surface area contributed by atoms with Crippen LogP contribution in [0.3, 0.4) is 0 Å². The quantitative estimate of drug-likeness (QED) is 0.213. The van der Waals surface area contributed by atoms with Crippen LogP contribution in [0.2, 0.25) is 0 Å². The predicted octanol–water partition coefficient (Wildman–Crippen LogP) is 6.11. The van der Waals surface area contributed by atoms with E-state index in [0.717, 1.165) is 11.1 Å². The molecule has 0 unspecified atom stereocenters. The highest BCUT2D eigenvalue weighted by Crippen LogP contribution is 2.39. The molecule has 3 N–H and O–H groups in total. The maximum absolute atomic E-state index is 13.0. The van der Waals surface area contributed by atoms with Crippen LogP contribution in [0.1, 0.15) is 50.4 Å². The van der Waals surface area contributed by atoms with Gasteiger partial charge in [-0.25, -0.2) is 4.79 Å².